The van der Waals surface area contributed by atoms with Gasteiger partial charge in [0, 0.05) is 31.8 Å². The highest BCUT2D eigenvalue weighted by molar-refractivity contribution is 7.90. The van der Waals surface area contributed by atoms with Crippen LogP contribution in [0.3, 0.4) is 0 Å². The molecule has 1 aromatic heterocycles. The van der Waals surface area contributed by atoms with E-state index in [4.69, 9.17) is 4.74 Å². The summed E-state index contributed by atoms with van der Waals surface area (Å²) in [5.74, 6) is 1.20. The summed E-state index contributed by atoms with van der Waals surface area (Å²) in [6.45, 7) is 5.57. The number of likely N-dealkylation sites (N-methyl/N-ethyl adjacent to an activating group) is 1. The Morgan fingerprint density at radius 2 is 2.29 bits per heavy atom. The number of sulfone groups is 1. The molecule has 8 heteroatoms. The van der Waals surface area contributed by atoms with Crippen LogP contribution in [0.1, 0.15) is 5.82 Å². The first-order chi connectivity index (χ1) is 9.86. The number of ether oxygens (including phenoxy) is 1. The molecular formula is C13H22N4O3S. The maximum absolute atomic E-state index is 11.8. The summed E-state index contributed by atoms with van der Waals surface area (Å²) in [5.41, 5.74) is 0. The standard InChI is InChI=1S/C13H22N4O3S/c1-10-14-7-12(21(3,18)19)13(16-10)15-6-11-8-17(2)4-5-20-9-11/h7,11H,4-6,8-9H2,1-3H3,(H,14,15,16)/t11-/m1/s1. The normalized spacial score (nSPS) is 21.0. The number of nitrogens with zero attached hydrogens (tertiary/aromatic N) is 3. The predicted octanol–water partition coefficient (Wildman–Crippen LogP) is 0.179. The quantitative estimate of drug-likeness (QED) is 0.848. The molecule has 0 spiro atoms. The molecule has 1 atom stereocenters. The number of hydrogen-bond acceptors (Lipinski definition) is 7. The van der Waals surface area contributed by atoms with Crippen LogP contribution in [0, 0.1) is 12.8 Å². The van der Waals surface area contributed by atoms with Gasteiger partial charge in [-0.3, -0.25) is 0 Å². The molecule has 2 rings (SSSR count). The minimum Gasteiger partial charge on any atom is -0.380 e. The Hall–Kier alpha value is -1.25. The highest BCUT2D eigenvalue weighted by Crippen LogP contribution is 2.18. The minimum atomic E-state index is -3.35. The van der Waals surface area contributed by atoms with Crippen molar-refractivity contribution in [3.05, 3.63) is 12.0 Å². The van der Waals surface area contributed by atoms with Gasteiger partial charge in [0.05, 0.1) is 19.4 Å². The van der Waals surface area contributed by atoms with E-state index < -0.39 is 9.84 Å². The number of rotatable bonds is 4. The Morgan fingerprint density at radius 3 is 3.00 bits per heavy atom. The third kappa shape index (κ3) is 4.62. The summed E-state index contributed by atoms with van der Waals surface area (Å²) in [4.78, 5) is 10.5. The van der Waals surface area contributed by atoms with Crippen LogP contribution in [0.15, 0.2) is 11.1 Å². The van der Waals surface area contributed by atoms with E-state index in [1.54, 1.807) is 6.92 Å². The van der Waals surface area contributed by atoms with Crippen LogP contribution in [0.5, 0.6) is 0 Å². The summed E-state index contributed by atoms with van der Waals surface area (Å²) in [7, 11) is -1.30. The van der Waals surface area contributed by atoms with E-state index in [2.05, 4.69) is 27.2 Å². The lowest BCUT2D eigenvalue weighted by molar-refractivity contribution is 0.125. The van der Waals surface area contributed by atoms with Gasteiger partial charge in [-0.15, -0.1) is 0 Å². The molecule has 1 aromatic rings. The first kappa shape index (κ1) is 16.1. The molecule has 0 saturated carbocycles. The lowest BCUT2D eigenvalue weighted by Crippen LogP contribution is -2.30. The van der Waals surface area contributed by atoms with Crippen molar-refractivity contribution in [2.45, 2.75) is 11.8 Å². The summed E-state index contributed by atoms with van der Waals surface area (Å²) < 4.78 is 29.1. The Labute approximate surface area is 125 Å². The molecule has 2 heterocycles. The number of aryl methyl sites for hydroxylation is 1. The van der Waals surface area contributed by atoms with Crippen LogP contribution < -0.4 is 5.32 Å². The van der Waals surface area contributed by atoms with Crippen molar-refractivity contribution < 1.29 is 13.2 Å². The van der Waals surface area contributed by atoms with Crippen LogP contribution in [-0.2, 0) is 14.6 Å². The summed E-state index contributed by atoms with van der Waals surface area (Å²) >= 11 is 0. The van der Waals surface area contributed by atoms with Gasteiger partial charge < -0.3 is 15.0 Å². The SMILES string of the molecule is Cc1ncc(S(C)(=O)=O)c(NC[C@H]2COCCN(C)C2)n1. The van der Waals surface area contributed by atoms with Crippen LogP contribution >= 0.6 is 0 Å². The van der Waals surface area contributed by atoms with Gasteiger partial charge in [-0.1, -0.05) is 0 Å². The smallest absolute Gasteiger partial charge is 0.180 e. The monoisotopic (exact) mass is 314 g/mol. The molecule has 0 unspecified atom stereocenters. The zero-order valence-electron chi connectivity index (χ0n) is 12.7. The predicted molar refractivity (Wildman–Crippen MR) is 80.2 cm³/mol. The van der Waals surface area contributed by atoms with Crippen LogP contribution in [0.4, 0.5) is 5.82 Å². The van der Waals surface area contributed by atoms with Gasteiger partial charge in [0.1, 0.15) is 16.5 Å². The Morgan fingerprint density at radius 1 is 1.52 bits per heavy atom. The second-order valence-corrected chi connectivity index (χ2v) is 7.47. The topological polar surface area (TPSA) is 84.4 Å². The van der Waals surface area contributed by atoms with Gasteiger partial charge in [-0.25, -0.2) is 18.4 Å². The molecule has 118 valence electrons. The minimum absolute atomic E-state index is 0.135. The van der Waals surface area contributed by atoms with E-state index in [0.29, 0.717) is 30.7 Å². The van der Waals surface area contributed by atoms with E-state index in [1.165, 1.54) is 6.20 Å². The number of anilines is 1. The summed E-state index contributed by atoms with van der Waals surface area (Å²) in [6, 6.07) is 0. The molecule has 21 heavy (non-hydrogen) atoms. The second-order valence-electron chi connectivity index (χ2n) is 5.49. The number of hydrogen-bond donors (Lipinski definition) is 1. The molecule has 0 aliphatic carbocycles. The van der Waals surface area contributed by atoms with Crippen LogP contribution in [0.25, 0.3) is 0 Å². The van der Waals surface area contributed by atoms with Crippen LogP contribution in [0.2, 0.25) is 0 Å². The van der Waals surface area contributed by atoms with Crippen molar-refractivity contribution in [2.24, 2.45) is 5.92 Å². The summed E-state index contributed by atoms with van der Waals surface area (Å²) in [5, 5.41) is 3.14. The average Bonchev–Trinajstić information content (AvgIpc) is 2.59. The fraction of sp³-hybridized carbons (Fsp3) is 0.692. The first-order valence-electron chi connectivity index (χ1n) is 6.90. The van der Waals surface area contributed by atoms with Gasteiger partial charge in [-0.05, 0) is 14.0 Å². The second kappa shape index (κ2) is 6.67. The Balaban J connectivity index is 2.10. The zero-order chi connectivity index (χ0) is 15.5. The molecule has 0 amide bonds. The molecule has 1 aliphatic heterocycles. The fourth-order valence-electron chi connectivity index (χ4n) is 2.28. The van der Waals surface area contributed by atoms with E-state index >= 15 is 0 Å². The van der Waals surface area contributed by atoms with E-state index in [-0.39, 0.29) is 4.90 Å². The van der Waals surface area contributed by atoms with Crippen molar-refractivity contribution in [1.29, 1.82) is 0 Å². The third-order valence-corrected chi connectivity index (χ3v) is 4.47. The lowest BCUT2D eigenvalue weighted by atomic mass is 10.1. The summed E-state index contributed by atoms with van der Waals surface area (Å²) in [6.07, 6.45) is 2.52. The van der Waals surface area contributed by atoms with Crippen molar-refractivity contribution in [1.82, 2.24) is 14.9 Å². The Bertz CT molecular complexity index is 591. The molecular weight excluding hydrogens is 292 g/mol. The first-order valence-corrected chi connectivity index (χ1v) is 8.79. The maximum atomic E-state index is 11.8. The number of nitrogens with one attached hydrogen (secondary N) is 1. The third-order valence-electron chi connectivity index (χ3n) is 3.37. The molecule has 1 aliphatic rings. The van der Waals surface area contributed by atoms with E-state index in [9.17, 15) is 8.42 Å². The van der Waals surface area contributed by atoms with Gasteiger partial charge in [0.2, 0.25) is 0 Å². The van der Waals surface area contributed by atoms with Crippen molar-refractivity contribution in [3.63, 3.8) is 0 Å². The zero-order valence-corrected chi connectivity index (χ0v) is 13.5. The highest BCUT2D eigenvalue weighted by Gasteiger charge is 2.19. The molecule has 0 radical (unpaired) electrons. The fourth-order valence-corrected chi connectivity index (χ4v) is 2.99. The van der Waals surface area contributed by atoms with Gasteiger partial charge in [-0.2, -0.15) is 0 Å². The Kier molecular flexibility index (Phi) is 5.13. The molecule has 0 bridgehead atoms. The van der Waals surface area contributed by atoms with Crippen molar-refractivity contribution in [3.8, 4) is 0 Å². The van der Waals surface area contributed by atoms with Gasteiger partial charge >= 0.3 is 0 Å². The molecule has 1 N–H and O–H groups in total. The van der Waals surface area contributed by atoms with Crippen molar-refractivity contribution >= 4 is 15.7 Å². The number of aromatic nitrogens is 2. The average molecular weight is 314 g/mol. The van der Waals surface area contributed by atoms with Gasteiger partial charge in [0.25, 0.3) is 0 Å². The molecule has 1 fully saturated rings. The maximum Gasteiger partial charge on any atom is 0.180 e. The van der Waals surface area contributed by atoms with Gasteiger partial charge in [0.15, 0.2) is 9.84 Å². The van der Waals surface area contributed by atoms with E-state index in [0.717, 1.165) is 26.0 Å². The lowest BCUT2D eigenvalue weighted by Gasteiger charge is -2.20. The van der Waals surface area contributed by atoms with Crippen molar-refractivity contribution in [2.75, 3.05) is 51.5 Å². The highest BCUT2D eigenvalue weighted by atomic mass is 32.2. The molecule has 0 aromatic carbocycles. The van der Waals surface area contributed by atoms with Crippen LogP contribution in [-0.4, -0.2) is 69.4 Å². The molecule has 7 nitrogen and oxygen atoms in total. The largest absolute Gasteiger partial charge is 0.380 e. The van der Waals surface area contributed by atoms with E-state index in [1.807, 2.05) is 0 Å². The molecule has 1 saturated heterocycles.